The topological polar surface area (TPSA) is 41.6 Å². The van der Waals surface area contributed by atoms with E-state index in [2.05, 4.69) is 17.3 Å². The molecule has 1 aliphatic rings. The van der Waals surface area contributed by atoms with E-state index in [1.807, 2.05) is 0 Å². The molecule has 140 valence electrons. The average Bonchev–Trinajstić information content (AvgIpc) is 2.61. The Kier molecular flexibility index (Phi) is 7.26. The van der Waals surface area contributed by atoms with Gasteiger partial charge in [0.2, 0.25) is 0 Å². The number of ether oxygens (including phenoxy) is 1. The van der Waals surface area contributed by atoms with Gasteiger partial charge in [-0.1, -0.05) is 17.7 Å². The molecule has 1 N–H and O–H groups in total. The van der Waals surface area contributed by atoms with Crippen molar-refractivity contribution in [1.82, 2.24) is 4.90 Å². The van der Waals surface area contributed by atoms with E-state index < -0.39 is 0 Å². The van der Waals surface area contributed by atoms with Crippen LogP contribution in [0.1, 0.15) is 23.2 Å². The second kappa shape index (κ2) is 9.21. The number of amides is 1. The fraction of sp³-hybridized carbons (Fsp3) is 0.316. The number of hydrogen-bond donors (Lipinski definition) is 1. The van der Waals surface area contributed by atoms with Crippen LogP contribution in [0.15, 0.2) is 42.5 Å². The predicted octanol–water partition coefficient (Wildman–Crippen LogP) is 4.63. The largest absolute Gasteiger partial charge is 0.489 e. The highest BCUT2D eigenvalue weighted by molar-refractivity contribution is 6.35. The number of hydrogen-bond acceptors (Lipinski definition) is 3. The zero-order valence-corrected chi connectivity index (χ0v) is 15.9. The van der Waals surface area contributed by atoms with Crippen molar-refractivity contribution in [3.8, 4) is 5.75 Å². The molecule has 2 aromatic rings. The normalized spacial score (nSPS) is 15.2. The summed E-state index contributed by atoms with van der Waals surface area (Å²) in [6.07, 6.45) is 2.01. The molecule has 0 saturated carbocycles. The number of halogens is 3. The fourth-order valence-corrected chi connectivity index (χ4v) is 2.99. The number of piperidine rings is 1. The summed E-state index contributed by atoms with van der Waals surface area (Å²) < 4.78 is 19.0. The van der Waals surface area contributed by atoms with Gasteiger partial charge in [-0.25, -0.2) is 4.39 Å². The lowest BCUT2D eigenvalue weighted by molar-refractivity contribution is 0.102. The average molecular weight is 399 g/mol. The van der Waals surface area contributed by atoms with Gasteiger partial charge in [0.25, 0.3) is 5.91 Å². The monoisotopic (exact) mass is 398 g/mol. The third kappa shape index (κ3) is 5.10. The highest BCUT2D eigenvalue weighted by Gasteiger charge is 2.20. The van der Waals surface area contributed by atoms with Crippen molar-refractivity contribution in [1.29, 1.82) is 0 Å². The molecular weight excluding hydrogens is 378 g/mol. The Morgan fingerprint density at radius 2 is 1.85 bits per heavy atom. The summed E-state index contributed by atoms with van der Waals surface area (Å²) in [6.45, 7) is 1.98. The molecule has 0 aliphatic carbocycles. The Bertz CT molecular complexity index is 748. The van der Waals surface area contributed by atoms with Crippen LogP contribution in [0.25, 0.3) is 0 Å². The van der Waals surface area contributed by atoms with Gasteiger partial charge in [0.05, 0.1) is 5.69 Å². The van der Waals surface area contributed by atoms with Gasteiger partial charge in [-0.15, -0.1) is 12.4 Å². The van der Waals surface area contributed by atoms with E-state index in [1.54, 1.807) is 18.2 Å². The molecule has 0 aromatic heterocycles. The molecule has 0 atom stereocenters. The maximum absolute atomic E-state index is 13.0. The standard InChI is InChI=1S/C19H20ClFN2O2.ClH/c1-23-11-9-15(10-12-23)25-17-4-2-3-16(18(17)20)22-19(24)13-5-7-14(21)8-6-13;/h2-8,15H,9-12H2,1H3,(H,22,24);1H. The summed E-state index contributed by atoms with van der Waals surface area (Å²) in [5.41, 5.74) is 0.834. The molecule has 1 saturated heterocycles. The van der Waals surface area contributed by atoms with Crippen LogP contribution in [0.2, 0.25) is 5.02 Å². The highest BCUT2D eigenvalue weighted by Crippen LogP contribution is 2.34. The molecule has 7 heteroatoms. The number of nitrogens with one attached hydrogen (secondary N) is 1. The van der Waals surface area contributed by atoms with Crippen LogP contribution in [-0.4, -0.2) is 37.0 Å². The molecule has 0 spiro atoms. The quantitative estimate of drug-likeness (QED) is 0.816. The van der Waals surface area contributed by atoms with Crippen molar-refractivity contribution in [3.63, 3.8) is 0 Å². The number of likely N-dealkylation sites (tertiary alicyclic amines) is 1. The predicted molar refractivity (Wildman–Crippen MR) is 104 cm³/mol. The summed E-state index contributed by atoms with van der Waals surface area (Å²) in [7, 11) is 2.09. The van der Waals surface area contributed by atoms with Crippen LogP contribution >= 0.6 is 24.0 Å². The van der Waals surface area contributed by atoms with E-state index in [-0.39, 0.29) is 30.2 Å². The Hall–Kier alpha value is -1.82. The Labute approximate surface area is 163 Å². The summed E-state index contributed by atoms with van der Waals surface area (Å²) >= 11 is 6.40. The molecule has 2 aromatic carbocycles. The molecule has 1 aliphatic heterocycles. The van der Waals surface area contributed by atoms with E-state index >= 15 is 0 Å². The van der Waals surface area contributed by atoms with Gasteiger partial charge < -0.3 is 15.0 Å². The molecule has 0 unspecified atom stereocenters. The van der Waals surface area contributed by atoms with Gasteiger partial charge in [-0.05, 0) is 56.3 Å². The van der Waals surface area contributed by atoms with Crippen LogP contribution in [0, 0.1) is 5.82 Å². The van der Waals surface area contributed by atoms with Crippen molar-refractivity contribution < 1.29 is 13.9 Å². The van der Waals surface area contributed by atoms with Gasteiger partial charge in [0.15, 0.2) is 0 Å². The number of benzene rings is 2. The van der Waals surface area contributed by atoms with Crippen LogP contribution in [0.5, 0.6) is 5.75 Å². The first-order valence-electron chi connectivity index (χ1n) is 8.23. The number of rotatable bonds is 4. The smallest absolute Gasteiger partial charge is 0.255 e. The molecule has 0 bridgehead atoms. The highest BCUT2D eigenvalue weighted by atomic mass is 35.5. The van der Waals surface area contributed by atoms with E-state index in [0.717, 1.165) is 25.9 Å². The second-order valence-electron chi connectivity index (χ2n) is 6.20. The molecule has 0 radical (unpaired) electrons. The van der Waals surface area contributed by atoms with Crippen molar-refractivity contribution in [3.05, 3.63) is 58.9 Å². The van der Waals surface area contributed by atoms with E-state index in [1.165, 1.54) is 24.3 Å². The summed E-state index contributed by atoms with van der Waals surface area (Å²) in [6, 6.07) is 10.6. The fourth-order valence-electron chi connectivity index (χ4n) is 2.78. The third-order valence-corrected chi connectivity index (χ3v) is 4.67. The lowest BCUT2D eigenvalue weighted by Crippen LogP contribution is -2.35. The Morgan fingerprint density at radius 1 is 1.19 bits per heavy atom. The zero-order chi connectivity index (χ0) is 17.8. The number of carbonyl (C=O) groups excluding carboxylic acids is 1. The SMILES string of the molecule is CN1CCC(Oc2cccc(NC(=O)c3ccc(F)cc3)c2Cl)CC1.Cl. The zero-order valence-electron chi connectivity index (χ0n) is 14.4. The molecular formula is C19H21Cl2FN2O2. The van der Waals surface area contributed by atoms with Crippen LogP contribution in [-0.2, 0) is 0 Å². The summed E-state index contributed by atoms with van der Waals surface area (Å²) in [5, 5.41) is 3.12. The minimum absolute atomic E-state index is 0. The van der Waals surface area contributed by atoms with Crippen LogP contribution in [0.3, 0.4) is 0 Å². The first-order chi connectivity index (χ1) is 12.0. The Balaban J connectivity index is 0.00000243. The molecule has 3 rings (SSSR count). The van der Waals surface area contributed by atoms with Crippen molar-refractivity contribution in [2.75, 3.05) is 25.5 Å². The maximum Gasteiger partial charge on any atom is 0.255 e. The minimum atomic E-state index is -0.386. The van der Waals surface area contributed by atoms with Crippen LogP contribution < -0.4 is 10.1 Å². The van der Waals surface area contributed by atoms with Crippen molar-refractivity contribution in [2.24, 2.45) is 0 Å². The van der Waals surface area contributed by atoms with Gasteiger partial charge in [0, 0.05) is 18.7 Å². The molecule has 4 nitrogen and oxygen atoms in total. The first kappa shape index (κ1) is 20.5. The van der Waals surface area contributed by atoms with Crippen molar-refractivity contribution >= 4 is 35.6 Å². The number of anilines is 1. The third-order valence-electron chi connectivity index (χ3n) is 4.28. The lowest BCUT2D eigenvalue weighted by atomic mass is 10.1. The first-order valence-corrected chi connectivity index (χ1v) is 8.61. The second-order valence-corrected chi connectivity index (χ2v) is 6.58. The van der Waals surface area contributed by atoms with Crippen LogP contribution in [0.4, 0.5) is 10.1 Å². The van der Waals surface area contributed by atoms with Gasteiger partial charge in [-0.2, -0.15) is 0 Å². The number of carbonyl (C=O) groups is 1. The van der Waals surface area contributed by atoms with Crippen molar-refractivity contribution in [2.45, 2.75) is 18.9 Å². The van der Waals surface area contributed by atoms with E-state index in [9.17, 15) is 9.18 Å². The number of nitrogens with zero attached hydrogens (tertiary/aromatic N) is 1. The summed E-state index contributed by atoms with van der Waals surface area (Å²) in [4.78, 5) is 14.5. The molecule has 26 heavy (non-hydrogen) atoms. The lowest BCUT2D eigenvalue weighted by Gasteiger charge is -2.29. The van der Waals surface area contributed by atoms with E-state index in [4.69, 9.17) is 16.3 Å². The molecule has 1 heterocycles. The van der Waals surface area contributed by atoms with Gasteiger partial charge in [0.1, 0.15) is 22.7 Å². The summed E-state index contributed by atoms with van der Waals surface area (Å²) in [5.74, 6) is -0.172. The van der Waals surface area contributed by atoms with Gasteiger partial charge >= 0.3 is 0 Å². The van der Waals surface area contributed by atoms with E-state index in [0.29, 0.717) is 22.0 Å². The molecule has 1 fully saturated rings. The molecule has 1 amide bonds. The van der Waals surface area contributed by atoms with Gasteiger partial charge in [-0.3, -0.25) is 4.79 Å². The maximum atomic E-state index is 13.0. The Morgan fingerprint density at radius 3 is 2.50 bits per heavy atom. The minimum Gasteiger partial charge on any atom is -0.489 e.